The highest BCUT2D eigenvalue weighted by Gasteiger charge is 2.13. The molecule has 126 valence electrons. The Kier molecular flexibility index (Phi) is 4.28. The molecule has 6 heteroatoms. The Labute approximate surface area is 153 Å². The number of aryl methyl sites for hydroxylation is 1. The molecule has 1 aliphatic rings. The summed E-state index contributed by atoms with van der Waals surface area (Å²) in [5, 5.41) is 3.92. The predicted octanol–water partition coefficient (Wildman–Crippen LogP) is 4.98. The Morgan fingerprint density at radius 3 is 2.72 bits per heavy atom. The minimum Gasteiger partial charge on any atom is -0.476 e. The summed E-state index contributed by atoms with van der Waals surface area (Å²) in [5.74, 6) is 2.83. The molecule has 0 atom stereocenters. The van der Waals surface area contributed by atoms with Gasteiger partial charge in [0.2, 0.25) is 5.90 Å². The number of aliphatic imine (C=N–C) groups is 1. The van der Waals surface area contributed by atoms with Crippen molar-refractivity contribution in [2.75, 3.05) is 13.2 Å². The van der Waals surface area contributed by atoms with Gasteiger partial charge in [0.15, 0.2) is 5.76 Å². The molecule has 0 bridgehead atoms. The van der Waals surface area contributed by atoms with Gasteiger partial charge in [0.05, 0.1) is 16.7 Å². The molecule has 25 heavy (non-hydrogen) atoms. The first-order valence-electron chi connectivity index (χ1n) is 7.88. The number of hydrogen-bond donors (Lipinski definition) is 0. The minimum atomic E-state index is 0.638. The lowest BCUT2D eigenvalue weighted by atomic mass is 10.1. The molecule has 2 aromatic carbocycles. The Balaban J connectivity index is 1.58. The van der Waals surface area contributed by atoms with Crippen LogP contribution in [0, 0.1) is 6.92 Å². The normalized spacial score (nSPS) is 13.4. The minimum absolute atomic E-state index is 0.638. The quantitative estimate of drug-likeness (QED) is 0.621. The van der Waals surface area contributed by atoms with E-state index in [0.29, 0.717) is 30.6 Å². The van der Waals surface area contributed by atoms with Crippen molar-refractivity contribution in [1.29, 1.82) is 0 Å². The van der Waals surface area contributed by atoms with E-state index in [2.05, 4.69) is 26.1 Å². The van der Waals surface area contributed by atoms with Gasteiger partial charge >= 0.3 is 0 Å². The van der Waals surface area contributed by atoms with Crippen molar-refractivity contribution in [3.8, 4) is 22.8 Å². The third-order valence-electron chi connectivity index (χ3n) is 3.74. The largest absolute Gasteiger partial charge is 0.476 e. The lowest BCUT2D eigenvalue weighted by molar-refractivity contribution is 0.348. The molecule has 2 heterocycles. The second-order valence-corrected chi connectivity index (χ2v) is 6.50. The molecule has 0 fully saturated rings. The zero-order valence-corrected chi connectivity index (χ0v) is 15.1. The van der Waals surface area contributed by atoms with Crippen molar-refractivity contribution in [1.82, 2.24) is 5.16 Å². The third-order valence-corrected chi connectivity index (χ3v) is 4.36. The molecule has 0 aliphatic carbocycles. The van der Waals surface area contributed by atoms with Gasteiger partial charge in [-0.2, -0.15) is 0 Å². The van der Waals surface area contributed by atoms with Crippen LogP contribution in [0.2, 0.25) is 0 Å². The fraction of sp³-hybridized carbons (Fsp3) is 0.158. The lowest BCUT2D eigenvalue weighted by Gasteiger charge is -2.10. The van der Waals surface area contributed by atoms with Crippen molar-refractivity contribution >= 4 is 21.8 Å². The first kappa shape index (κ1) is 15.9. The number of halogens is 1. The summed E-state index contributed by atoms with van der Waals surface area (Å²) in [6.45, 7) is 3.24. The standard InChI is InChI=1S/C19H15BrN2O3/c1-12-9-18(25-22-12)13-3-2-4-15(10-13)24-17-6-5-14(11-16(17)20)19-21-7-8-23-19/h2-6,9-11H,7-8H2,1H3. The molecule has 1 aromatic heterocycles. The molecular formula is C19H15BrN2O3. The Morgan fingerprint density at radius 1 is 1.08 bits per heavy atom. The van der Waals surface area contributed by atoms with Crippen LogP contribution < -0.4 is 4.74 Å². The predicted molar refractivity (Wildman–Crippen MR) is 98.2 cm³/mol. The van der Waals surface area contributed by atoms with Gasteiger partial charge in [0.25, 0.3) is 0 Å². The highest BCUT2D eigenvalue weighted by Crippen LogP contribution is 2.33. The Bertz CT molecular complexity index is 949. The van der Waals surface area contributed by atoms with E-state index >= 15 is 0 Å². The van der Waals surface area contributed by atoms with Crippen molar-refractivity contribution in [2.24, 2.45) is 4.99 Å². The average molecular weight is 399 g/mol. The Hall–Kier alpha value is -2.60. The van der Waals surface area contributed by atoms with Crippen molar-refractivity contribution in [3.05, 3.63) is 64.3 Å². The van der Waals surface area contributed by atoms with E-state index in [1.54, 1.807) is 0 Å². The molecule has 1 aliphatic heterocycles. The maximum Gasteiger partial charge on any atom is 0.216 e. The number of ether oxygens (including phenoxy) is 2. The van der Waals surface area contributed by atoms with Gasteiger partial charge in [-0.3, -0.25) is 0 Å². The van der Waals surface area contributed by atoms with Crippen molar-refractivity contribution < 1.29 is 14.0 Å². The maximum absolute atomic E-state index is 6.01. The summed E-state index contributed by atoms with van der Waals surface area (Å²) >= 11 is 3.55. The third kappa shape index (κ3) is 3.44. The molecule has 0 unspecified atom stereocenters. The number of benzene rings is 2. The van der Waals surface area contributed by atoms with Gasteiger partial charge in [0, 0.05) is 17.2 Å². The van der Waals surface area contributed by atoms with Gasteiger partial charge in [-0.25, -0.2) is 4.99 Å². The SMILES string of the molecule is Cc1cc(-c2cccc(Oc3ccc(C4=NCCO4)cc3Br)c2)on1. The summed E-state index contributed by atoms with van der Waals surface area (Å²) < 4.78 is 17.6. The second-order valence-electron chi connectivity index (χ2n) is 5.64. The Morgan fingerprint density at radius 2 is 2.00 bits per heavy atom. The molecule has 0 spiro atoms. The summed E-state index contributed by atoms with van der Waals surface area (Å²) in [7, 11) is 0. The first-order chi connectivity index (χ1) is 12.2. The fourth-order valence-corrected chi connectivity index (χ4v) is 3.03. The lowest BCUT2D eigenvalue weighted by Crippen LogP contribution is -2.01. The van der Waals surface area contributed by atoms with E-state index in [9.17, 15) is 0 Å². The van der Waals surface area contributed by atoms with Crippen molar-refractivity contribution in [2.45, 2.75) is 6.92 Å². The van der Waals surface area contributed by atoms with Gasteiger partial charge < -0.3 is 14.0 Å². The van der Waals surface area contributed by atoms with Crippen LogP contribution >= 0.6 is 15.9 Å². The molecule has 3 aromatic rings. The van der Waals surface area contributed by atoms with Crippen LogP contribution in [0.1, 0.15) is 11.3 Å². The molecule has 4 rings (SSSR count). The van der Waals surface area contributed by atoms with E-state index in [4.69, 9.17) is 14.0 Å². The molecule has 0 radical (unpaired) electrons. The number of nitrogens with zero attached hydrogens (tertiary/aromatic N) is 2. The van der Waals surface area contributed by atoms with Gasteiger partial charge in [-0.15, -0.1) is 0 Å². The molecule has 0 saturated heterocycles. The van der Waals surface area contributed by atoms with Gasteiger partial charge in [0.1, 0.15) is 18.1 Å². The molecule has 0 N–H and O–H groups in total. The monoisotopic (exact) mass is 398 g/mol. The number of rotatable bonds is 4. The van der Waals surface area contributed by atoms with Crippen molar-refractivity contribution in [3.63, 3.8) is 0 Å². The van der Waals surface area contributed by atoms with E-state index in [-0.39, 0.29) is 0 Å². The number of hydrogen-bond acceptors (Lipinski definition) is 5. The zero-order chi connectivity index (χ0) is 17.2. The smallest absolute Gasteiger partial charge is 0.216 e. The van der Waals surface area contributed by atoms with E-state index < -0.39 is 0 Å². The zero-order valence-electron chi connectivity index (χ0n) is 13.5. The molecule has 5 nitrogen and oxygen atoms in total. The van der Waals surface area contributed by atoms with Crippen LogP contribution in [0.15, 0.2) is 62.5 Å². The van der Waals surface area contributed by atoms with Crippen LogP contribution in [0.5, 0.6) is 11.5 Å². The fourth-order valence-electron chi connectivity index (χ4n) is 2.57. The maximum atomic E-state index is 6.01. The van der Waals surface area contributed by atoms with Crippen LogP contribution in [0.3, 0.4) is 0 Å². The molecule has 0 saturated carbocycles. The van der Waals surface area contributed by atoms with Gasteiger partial charge in [-0.1, -0.05) is 17.3 Å². The van der Waals surface area contributed by atoms with Gasteiger partial charge in [-0.05, 0) is 53.2 Å². The van der Waals surface area contributed by atoms with E-state index in [1.807, 2.05) is 55.5 Å². The summed E-state index contributed by atoms with van der Waals surface area (Å²) in [5.41, 5.74) is 2.69. The van der Waals surface area contributed by atoms with E-state index in [0.717, 1.165) is 27.0 Å². The number of aromatic nitrogens is 1. The highest BCUT2D eigenvalue weighted by atomic mass is 79.9. The topological polar surface area (TPSA) is 56.9 Å². The first-order valence-corrected chi connectivity index (χ1v) is 8.67. The second kappa shape index (κ2) is 6.72. The summed E-state index contributed by atoms with van der Waals surface area (Å²) in [6, 6.07) is 15.4. The van der Waals surface area contributed by atoms with Crippen LogP contribution in [0.25, 0.3) is 11.3 Å². The molecular weight excluding hydrogens is 384 g/mol. The van der Waals surface area contributed by atoms with Crippen LogP contribution in [-0.4, -0.2) is 24.2 Å². The summed E-state index contributed by atoms with van der Waals surface area (Å²) in [4.78, 5) is 4.32. The molecule has 0 amide bonds. The summed E-state index contributed by atoms with van der Waals surface area (Å²) in [6.07, 6.45) is 0. The van der Waals surface area contributed by atoms with Crippen LogP contribution in [0.4, 0.5) is 0 Å². The average Bonchev–Trinajstić information content (AvgIpc) is 3.29. The highest BCUT2D eigenvalue weighted by molar-refractivity contribution is 9.10. The van der Waals surface area contributed by atoms with Crippen LogP contribution in [-0.2, 0) is 4.74 Å². The van der Waals surface area contributed by atoms with E-state index in [1.165, 1.54) is 0 Å².